The van der Waals surface area contributed by atoms with Crippen LogP contribution >= 0.6 is 11.3 Å². The SMILES string of the molecule is CCC(OC)C(Cc1nc2ccccc2s1)NN. The standard InChI is InChI=1S/C13H19N3OS/c1-3-11(17-2)10(16-14)8-13-15-9-6-4-5-7-12(9)18-13/h4-7,10-11,16H,3,8,14H2,1-2H3. The Kier molecular flexibility index (Phi) is 4.66. The van der Waals surface area contributed by atoms with Crippen molar-refractivity contribution >= 4 is 21.6 Å². The molecular formula is C13H19N3OS. The van der Waals surface area contributed by atoms with Crippen molar-refractivity contribution in [3.05, 3.63) is 29.3 Å². The second kappa shape index (κ2) is 6.24. The van der Waals surface area contributed by atoms with E-state index in [0.717, 1.165) is 23.4 Å². The zero-order valence-electron chi connectivity index (χ0n) is 10.7. The fourth-order valence-corrected chi connectivity index (χ4v) is 3.13. The van der Waals surface area contributed by atoms with Crippen molar-refractivity contribution in [3.63, 3.8) is 0 Å². The van der Waals surface area contributed by atoms with E-state index in [9.17, 15) is 0 Å². The monoisotopic (exact) mass is 265 g/mol. The summed E-state index contributed by atoms with van der Waals surface area (Å²) in [5.41, 5.74) is 3.89. The molecule has 18 heavy (non-hydrogen) atoms. The summed E-state index contributed by atoms with van der Waals surface area (Å²) in [5.74, 6) is 5.61. The molecule has 1 aromatic heterocycles. The Morgan fingerprint density at radius 1 is 1.44 bits per heavy atom. The molecule has 4 nitrogen and oxygen atoms in total. The van der Waals surface area contributed by atoms with Gasteiger partial charge in [0.2, 0.25) is 0 Å². The van der Waals surface area contributed by atoms with Gasteiger partial charge in [-0.2, -0.15) is 0 Å². The number of hydrogen-bond donors (Lipinski definition) is 2. The van der Waals surface area contributed by atoms with Crippen molar-refractivity contribution in [1.29, 1.82) is 0 Å². The summed E-state index contributed by atoms with van der Waals surface area (Å²) in [7, 11) is 1.72. The van der Waals surface area contributed by atoms with Gasteiger partial charge in [0.15, 0.2) is 0 Å². The first-order valence-corrected chi connectivity index (χ1v) is 6.93. The Hall–Kier alpha value is -1.01. The average Bonchev–Trinajstić information content (AvgIpc) is 2.81. The largest absolute Gasteiger partial charge is 0.380 e. The number of benzene rings is 1. The molecule has 2 atom stereocenters. The van der Waals surface area contributed by atoms with Gasteiger partial charge in [0.05, 0.1) is 27.4 Å². The van der Waals surface area contributed by atoms with Gasteiger partial charge in [0.25, 0.3) is 0 Å². The van der Waals surface area contributed by atoms with E-state index in [1.807, 2.05) is 18.2 Å². The van der Waals surface area contributed by atoms with Gasteiger partial charge in [-0.15, -0.1) is 11.3 Å². The minimum absolute atomic E-state index is 0.0977. The second-order valence-electron chi connectivity index (χ2n) is 4.24. The number of fused-ring (bicyclic) bond motifs is 1. The molecule has 2 rings (SSSR count). The summed E-state index contributed by atoms with van der Waals surface area (Å²) in [6.07, 6.45) is 1.83. The fraction of sp³-hybridized carbons (Fsp3) is 0.462. The number of rotatable bonds is 6. The van der Waals surface area contributed by atoms with Crippen LogP contribution in [0.2, 0.25) is 0 Å². The van der Waals surface area contributed by atoms with Gasteiger partial charge in [-0.1, -0.05) is 19.1 Å². The van der Waals surface area contributed by atoms with E-state index >= 15 is 0 Å². The number of nitrogens with two attached hydrogens (primary N) is 1. The van der Waals surface area contributed by atoms with E-state index < -0.39 is 0 Å². The molecule has 0 saturated heterocycles. The summed E-state index contributed by atoms with van der Waals surface area (Å²) in [5, 5.41) is 1.09. The molecule has 1 heterocycles. The van der Waals surface area contributed by atoms with E-state index in [1.54, 1.807) is 18.4 Å². The lowest BCUT2D eigenvalue weighted by Crippen LogP contribution is -2.46. The zero-order valence-corrected chi connectivity index (χ0v) is 11.5. The van der Waals surface area contributed by atoms with Crippen LogP contribution in [0.5, 0.6) is 0 Å². The maximum Gasteiger partial charge on any atom is 0.0955 e. The van der Waals surface area contributed by atoms with Crippen molar-refractivity contribution < 1.29 is 4.74 Å². The molecule has 0 bridgehead atoms. The predicted octanol–water partition coefficient (Wildman–Crippen LogP) is 2.10. The third-order valence-electron chi connectivity index (χ3n) is 3.10. The maximum atomic E-state index is 5.61. The van der Waals surface area contributed by atoms with Gasteiger partial charge in [0.1, 0.15) is 0 Å². The van der Waals surface area contributed by atoms with Crippen LogP contribution in [0.3, 0.4) is 0 Å². The lowest BCUT2D eigenvalue weighted by atomic mass is 10.1. The second-order valence-corrected chi connectivity index (χ2v) is 5.35. The highest BCUT2D eigenvalue weighted by Gasteiger charge is 2.20. The van der Waals surface area contributed by atoms with Crippen molar-refractivity contribution in [2.75, 3.05) is 7.11 Å². The number of thiazole rings is 1. The van der Waals surface area contributed by atoms with Crippen molar-refractivity contribution in [2.24, 2.45) is 5.84 Å². The van der Waals surface area contributed by atoms with Gasteiger partial charge < -0.3 is 4.74 Å². The number of aromatic nitrogens is 1. The molecule has 1 aromatic carbocycles. The summed E-state index contributed by atoms with van der Waals surface area (Å²) in [6, 6.07) is 8.27. The Labute approximate surface area is 111 Å². The van der Waals surface area contributed by atoms with Gasteiger partial charge in [-0.25, -0.2) is 4.98 Å². The van der Waals surface area contributed by atoms with Gasteiger partial charge in [-0.05, 0) is 18.6 Å². The Bertz CT molecular complexity index is 463. The van der Waals surface area contributed by atoms with Crippen molar-refractivity contribution in [3.8, 4) is 0 Å². The number of para-hydroxylation sites is 1. The summed E-state index contributed by atoms with van der Waals surface area (Å²) in [4.78, 5) is 4.62. The number of methoxy groups -OCH3 is 1. The minimum Gasteiger partial charge on any atom is -0.380 e. The fourth-order valence-electron chi connectivity index (χ4n) is 2.11. The van der Waals surface area contributed by atoms with Crippen LogP contribution in [0.1, 0.15) is 18.4 Å². The lowest BCUT2D eigenvalue weighted by molar-refractivity contribution is 0.0653. The van der Waals surface area contributed by atoms with E-state index in [-0.39, 0.29) is 12.1 Å². The highest BCUT2D eigenvalue weighted by Crippen LogP contribution is 2.23. The molecule has 0 fully saturated rings. The normalized spacial score (nSPS) is 14.8. The Balaban J connectivity index is 2.15. The number of hydrazine groups is 1. The molecule has 0 aliphatic carbocycles. The van der Waals surface area contributed by atoms with Crippen LogP contribution in [0, 0.1) is 0 Å². The predicted molar refractivity (Wildman–Crippen MR) is 75.5 cm³/mol. The molecule has 2 aromatic rings. The van der Waals surface area contributed by atoms with Gasteiger partial charge in [-0.3, -0.25) is 11.3 Å². The van der Waals surface area contributed by atoms with Crippen LogP contribution in [0.4, 0.5) is 0 Å². The number of nitrogens with zero attached hydrogens (tertiary/aromatic N) is 1. The summed E-state index contributed by atoms with van der Waals surface area (Å²) in [6.45, 7) is 2.09. The molecule has 5 heteroatoms. The molecule has 0 radical (unpaired) electrons. The number of ether oxygens (including phenoxy) is 1. The summed E-state index contributed by atoms with van der Waals surface area (Å²) < 4.78 is 6.65. The van der Waals surface area contributed by atoms with E-state index in [0.29, 0.717) is 0 Å². The molecule has 98 valence electrons. The number of nitrogens with one attached hydrogen (secondary N) is 1. The van der Waals surface area contributed by atoms with Crippen LogP contribution in [0.15, 0.2) is 24.3 Å². The average molecular weight is 265 g/mol. The first-order chi connectivity index (χ1) is 8.78. The molecule has 0 spiro atoms. The van der Waals surface area contributed by atoms with E-state index in [4.69, 9.17) is 10.6 Å². The Morgan fingerprint density at radius 2 is 2.22 bits per heavy atom. The highest BCUT2D eigenvalue weighted by atomic mass is 32.1. The van der Waals surface area contributed by atoms with Crippen molar-refractivity contribution in [1.82, 2.24) is 10.4 Å². The Morgan fingerprint density at radius 3 is 2.83 bits per heavy atom. The van der Waals surface area contributed by atoms with E-state index in [1.165, 1.54) is 4.70 Å². The topological polar surface area (TPSA) is 60.2 Å². The van der Waals surface area contributed by atoms with Crippen LogP contribution in [-0.2, 0) is 11.2 Å². The van der Waals surface area contributed by atoms with Crippen LogP contribution in [-0.4, -0.2) is 24.2 Å². The van der Waals surface area contributed by atoms with Gasteiger partial charge >= 0.3 is 0 Å². The van der Waals surface area contributed by atoms with Crippen molar-refractivity contribution in [2.45, 2.75) is 31.9 Å². The van der Waals surface area contributed by atoms with Crippen LogP contribution in [0.25, 0.3) is 10.2 Å². The molecule has 0 aliphatic rings. The molecule has 0 amide bonds. The smallest absolute Gasteiger partial charge is 0.0955 e. The van der Waals surface area contributed by atoms with Crippen LogP contribution < -0.4 is 11.3 Å². The maximum absolute atomic E-state index is 5.61. The summed E-state index contributed by atoms with van der Waals surface area (Å²) >= 11 is 1.72. The van der Waals surface area contributed by atoms with Gasteiger partial charge in [0, 0.05) is 13.5 Å². The first kappa shape index (κ1) is 13.4. The quantitative estimate of drug-likeness (QED) is 0.620. The highest BCUT2D eigenvalue weighted by molar-refractivity contribution is 7.18. The number of hydrogen-bond acceptors (Lipinski definition) is 5. The molecule has 2 unspecified atom stereocenters. The molecule has 0 aliphatic heterocycles. The lowest BCUT2D eigenvalue weighted by Gasteiger charge is -2.23. The third-order valence-corrected chi connectivity index (χ3v) is 4.16. The first-order valence-electron chi connectivity index (χ1n) is 6.11. The molecular weight excluding hydrogens is 246 g/mol. The minimum atomic E-state index is 0.0977. The molecule has 0 saturated carbocycles. The third kappa shape index (κ3) is 2.87. The molecule has 3 N–H and O–H groups in total. The zero-order chi connectivity index (χ0) is 13.0. The van der Waals surface area contributed by atoms with E-state index in [2.05, 4.69) is 23.4 Å².